The summed E-state index contributed by atoms with van der Waals surface area (Å²) in [6, 6.07) is -0.358. The Balaban J connectivity index is 2.28. The van der Waals surface area contributed by atoms with Gasteiger partial charge in [0.05, 0.1) is 0 Å². The van der Waals surface area contributed by atoms with Crippen molar-refractivity contribution in [3.8, 4) is 0 Å². The number of carbonyl (C=O) groups is 1. The van der Waals surface area contributed by atoms with Crippen molar-refractivity contribution in [2.75, 3.05) is 32.7 Å². The maximum atomic E-state index is 10.8. The van der Waals surface area contributed by atoms with Gasteiger partial charge in [-0.15, -0.1) is 6.58 Å². The second-order valence-electron chi connectivity index (χ2n) is 4.60. The van der Waals surface area contributed by atoms with Gasteiger partial charge in [0.2, 0.25) is 0 Å². The number of rotatable bonds is 5. The van der Waals surface area contributed by atoms with Crippen LogP contribution in [0.1, 0.15) is 20.3 Å². The molecule has 1 atom stereocenters. The van der Waals surface area contributed by atoms with Crippen LogP contribution in [0.3, 0.4) is 0 Å². The van der Waals surface area contributed by atoms with Gasteiger partial charge in [0, 0.05) is 32.7 Å². The van der Waals surface area contributed by atoms with Crippen LogP contribution in [-0.2, 0) is 4.79 Å². The van der Waals surface area contributed by atoms with Gasteiger partial charge >= 0.3 is 5.97 Å². The van der Waals surface area contributed by atoms with Gasteiger partial charge in [0.25, 0.3) is 0 Å². The Morgan fingerprint density at radius 2 is 1.94 bits per heavy atom. The molecule has 4 nitrogen and oxygen atoms in total. The molecule has 0 aliphatic carbocycles. The highest BCUT2D eigenvalue weighted by atomic mass is 16.4. The van der Waals surface area contributed by atoms with E-state index in [1.807, 2.05) is 11.8 Å². The van der Waals surface area contributed by atoms with Crippen molar-refractivity contribution in [3.63, 3.8) is 0 Å². The van der Waals surface area contributed by atoms with E-state index in [1.54, 1.807) is 6.92 Å². The molecule has 1 rings (SSSR count). The van der Waals surface area contributed by atoms with Gasteiger partial charge in [-0.05, 0) is 20.3 Å². The number of piperazine rings is 1. The molecule has 0 aromatic heterocycles. The first-order chi connectivity index (χ1) is 7.50. The first-order valence-corrected chi connectivity index (χ1v) is 5.84. The number of aliphatic carboxylic acids is 1. The Bertz CT molecular complexity index is 258. The Morgan fingerprint density at radius 1 is 1.38 bits per heavy atom. The molecule has 1 heterocycles. The molecule has 1 saturated heterocycles. The van der Waals surface area contributed by atoms with Crippen LogP contribution in [0.25, 0.3) is 0 Å². The molecule has 1 aliphatic heterocycles. The summed E-state index contributed by atoms with van der Waals surface area (Å²) in [6.45, 7) is 12.4. The minimum atomic E-state index is -0.726. The van der Waals surface area contributed by atoms with Crippen molar-refractivity contribution in [2.45, 2.75) is 26.3 Å². The van der Waals surface area contributed by atoms with Crippen molar-refractivity contribution in [1.82, 2.24) is 9.80 Å². The predicted molar refractivity (Wildman–Crippen MR) is 64.5 cm³/mol. The summed E-state index contributed by atoms with van der Waals surface area (Å²) in [4.78, 5) is 15.2. The van der Waals surface area contributed by atoms with Gasteiger partial charge in [-0.1, -0.05) is 5.57 Å². The molecule has 0 saturated carbocycles. The molecule has 0 aromatic rings. The lowest BCUT2D eigenvalue weighted by atomic mass is 10.2. The molecule has 0 spiro atoms. The molecule has 1 unspecified atom stereocenters. The highest BCUT2D eigenvalue weighted by Gasteiger charge is 2.24. The van der Waals surface area contributed by atoms with E-state index in [9.17, 15) is 4.79 Å². The van der Waals surface area contributed by atoms with Crippen molar-refractivity contribution >= 4 is 5.97 Å². The molecule has 0 amide bonds. The van der Waals surface area contributed by atoms with Crippen molar-refractivity contribution in [3.05, 3.63) is 12.2 Å². The minimum absolute atomic E-state index is 0.358. The van der Waals surface area contributed by atoms with E-state index in [2.05, 4.69) is 11.5 Å². The number of carboxylic acids is 1. The summed E-state index contributed by atoms with van der Waals surface area (Å²) in [5, 5.41) is 8.91. The fraction of sp³-hybridized carbons (Fsp3) is 0.750. The fourth-order valence-corrected chi connectivity index (χ4v) is 1.88. The quantitative estimate of drug-likeness (QED) is 0.711. The fourth-order valence-electron chi connectivity index (χ4n) is 1.88. The van der Waals surface area contributed by atoms with Gasteiger partial charge < -0.3 is 10.0 Å². The van der Waals surface area contributed by atoms with E-state index in [0.29, 0.717) is 0 Å². The average Bonchev–Trinajstić information content (AvgIpc) is 2.26. The zero-order valence-corrected chi connectivity index (χ0v) is 10.3. The summed E-state index contributed by atoms with van der Waals surface area (Å²) in [7, 11) is 0. The highest BCUT2D eigenvalue weighted by molar-refractivity contribution is 5.72. The van der Waals surface area contributed by atoms with Crippen LogP contribution >= 0.6 is 0 Å². The van der Waals surface area contributed by atoms with E-state index in [4.69, 9.17) is 5.11 Å². The summed E-state index contributed by atoms with van der Waals surface area (Å²) in [6.07, 6.45) is 1.04. The van der Waals surface area contributed by atoms with E-state index < -0.39 is 5.97 Å². The number of hydrogen-bond acceptors (Lipinski definition) is 3. The topological polar surface area (TPSA) is 43.8 Å². The van der Waals surface area contributed by atoms with Crippen molar-refractivity contribution in [1.29, 1.82) is 0 Å². The Hall–Kier alpha value is -0.870. The van der Waals surface area contributed by atoms with Crippen molar-refractivity contribution < 1.29 is 9.90 Å². The molecular weight excluding hydrogens is 204 g/mol. The molecule has 1 N–H and O–H groups in total. The summed E-state index contributed by atoms with van der Waals surface area (Å²) < 4.78 is 0. The van der Waals surface area contributed by atoms with Gasteiger partial charge in [0.15, 0.2) is 0 Å². The van der Waals surface area contributed by atoms with Gasteiger partial charge in [0.1, 0.15) is 6.04 Å². The van der Waals surface area contributed by atoms with Gasteiger partial charge in [-0.2, -0.15) is 0 Å². The number of hydrogen-bond donors (Lipinski definition) is 1. The van der Waals surface area contributed by atoms with Crippen molar-refractivity contribution in [2.24, 2.45) is 0 Å². The lowest BCUT2D eigenvalue weighted by Crippen LogP contribution is -2.51. The Kier molecular flexibility index (Phi) is 4.96. The first-order valence-electron chi connectivity index (χ1n) is 5.84. The third-order valence-electron chi connectivity index (χ3n) is 3.17. The Morgan fingerprint density at radius 3 is 2.38 bits per heavy atom. The number of nitrogens with zero attached hydrogens (tertiary/aromatic N) is 2. The van der Waals surface area contributed by atoms with E-state index in [1.165, 1.54) is 5.57 Å². The molecule has 1 aliphatic rings. The monoisotopic (exact) mass is 226 g/mol. The lowest BCUT2D eigenvalue weighted by molar-refractivity contribution is -0.143. The van der Waals surface area contributed by atoms with Crippen LogP contribution in [0.2, 0.25) is 0 Å². The maximum absolute atomic E-state index is 10.8. The van der Waals surface area contributed by atoms with E-state index >= 15 is 0 Å². The summed E-state index contributed by atoms with van der Waals surface area (Å²) in [5.41, 5.74) is 1.21. The standard InChI is InChI=1S/C12H22N2O2/c1-10(2)4-5-13-6-8-14(9-7-13)11(3)12(15)16/h11H,1,4-9H2,2-3H3,(H,15,16). The maximum Gasteiger partial charge on any atom is 0.320 e. The van der Waals surface area contributed by atoms with Crippen LogP contribution in [0.15, 0.2) is 12.2 Å². The SMILES string of the molecule is C=C(C)CCN1CCN(C(C)C(=O)O)CC1. The zero-order chi connectivity index (χ0) is 12.1. The molecule has 0 bridgehead atoms. The highest BCUT2D eigenvalue weighted by Crippen LogP contribution is 2.08. The number of carboxylic acid groups (broad SMARTS) is 1. The van der Waals surface area contributed by atoms with Crippen LogP contribution in [0.5, 0.6) is 0 Å². The van der Waals surface area contributed by atoms with E-state index in [0.717, 1.165) is 39.1 Å². The molecule has 1 fully saturated rings. The van der Waals surface area contributed by atoms with Crippen LogP contribution in [0, 0.1) is 0 Å². The van der Waals surface area contributed by atoms with Gasteiger partial charge in [-0.3, -0.25) is 9.69 Å². The normalized spacial score (nSPS) is 20.6. The van der Waals surface area contributed by atoms with Crippen LogP contribution < -0.4 is 0 Å². The third kappa shape index (κ3) is 3.94. The summed E-state index contributed by atoms with van der Waals surface area (Å²) >= 11 is 0. The molecule has 16 heavy (non-hydrogen) atoms. The molecule has 0 aromatic carbocycles. The average molecular weight is 226 g/mol. The van der Waals surface area contributed by atoms with E-state index in [-0.39, 0.29) is 6.04 Å². The first kappa shape index (κ1) is 13.2. The summed E-state index contributed by atoms with van der Waals surface area (Å²) in [5.74, 6) is -0.726. The third-order valence-corrected chi connectivity index (χ3v) is 3.17. The smallest absolute Gasteiger partial charge is 0.320 e. The molecule has 4 heteroatoms. The zero-order valence-electron chi connectivity index (χ0n) is 10.3. The molecule has 92 valence electrons. The van der Waals surface area contributed by atoms with Crippen LogP contribution in [-0.4, -0.2) is 59.6 Å². The van der Waals surface area contributed by atoms with Crippen LogP contribution in [0.4, 0.5) is 0 Å². The minimum Gasteiger partial charge on any atom is -0.480 e. The largest absolute Gasteiger partial charge is 0.480 e. The Labute approximate surface area is 97.5 Å². The predicted octanol–water partition coefficient (Wildman–Crippen LogP) is 1.04. The molecular formula is C12H22N2O2. The second kappa shape index (κ2) is 6.01. The molecule has 0 radical (unpaired) electrons. The second-order valence-corrected chi connectivity index (χ2v) is 4.60. The van der Waals surface area contributed by atoms with Gasteiger partial charge in [-0.25, -0.2) is 0 Å². The lowest BCUT2D eigenvalue weighted by Gasteiger charge is -2.36.